The van der Waals surface area contributed by atoms with Gasteiger partial charge in [0.05, 0.1) is 14.2 Å². The fourth-order valence-corrected chi connectivity index (χ4v) is 2.89. The summed E-state index contributed by atoms with van der Waals surface area (Å²) in [5, 5.41) is 3.64. The van der Waals surface area contributed by atoms with Gasteiger partial charge in [-0.05, 0) is 54.8 Å². The molecule has 2 aliphatic carbocycles. The topological polar surface area (TPSA) is 30.5 Å². The summed E-state index contributed by atoms with van der Waals surface area (Å²) in [6.45, 7) is 3.50. The lowest BCUT2D eigenvalue weighted by Gasteiger charge is -2.15. The summed E-state index contributed by atoms with van der Waals surface area (Å²) >= 11 is 0. The summed E-state index contributed by atoms with van der Waals surface area (Å²) in [4.78, 5) is 0. The van der Waals surface area contributed by atoms with Crippen molar-refractivity contribution in [1.29, 1.82) is 0 Å². The van der Waals surface area contributed by atoms with Gasteiger partial charge in [0.25, 0.3) is 0 Å². The molecule has 104 valence electrons. The molecule has 0 aliphatic heterocycles. The maximum atomic E-state index is 5.40. The van der Waals surface area contributed by atoms with Crippen LogP contribution in [0.5, 0.6) is 11.5 Å². The van der Waals surface area contributed by atoms with Crippen molar-refractivity contribution in [3.8, 4) is 11.5 Å². The van der Waals surface area contributed by atoms with E-state index in [1.807, 2.05) is 6.07 Å². The predicted molar refractivity (Wildman–Crippen MR) is 76.0 cm³/mol. The predicted octanol–water partition coefficient (Wildman–Crippen LogP) is 2.73. The lowest BCUT2D eigenvalue weighted by molar-refractivity contribution is 0.354. The SMILES string of the molecule is COc1ccc(C2(C)CC2CNC2CC2)cc1OC. The van der Waals surface area contributed by atoms with Gasteiger partial charge in [-0.1, -0.05) is 13.0 Å². The smallest absolute Gasteiger partial charge is 0.161 e. The van der Waals surface area contributed by atoms with Crippen LogP contribution in [0.1, 0.15) is 31.7 Å². The first kappa shape index (κ1) is 12.8. The van der Waals surface area contributed by atoms with E-state index in [1.165, 1.54) is 24.8 Å². The van der Waals surface area contributed by atoms with Crippen LogP contribution in [0.25, 0.3) is 0 Å². The molecular formula is C16H23NO2. The molecule has 2 saturated carbocycles. The van der Waals surface area contributed by atoms with Crippen LogP contribution in [0.3, 0.4) is 0 Å². The number of methoxy groups -OCH3 is 2. The lowest BCUT2D eigenvalue weighted by Crippen LogP contribution is -2.22. The summed E-state index contributed by atoms with van der Waals surface area (Å²) in [5.74, 6) is 2.40. The van der Waals surface area contributed by atoms with E-state index >= 15 is 0 Å². The zero-order chi connectivity index (χ0) is 13.5. The number of hydrogen-bond acceptors (Lipinski definition) is 3. The van der Waals surface area contributed by atoms with E-state index in [0.29, 0.717) is 5.41 Å². The molecule has 0 heterocycles. The van der Waals surface area contributed by atoms with Crippen LogP contribution in [0.2, 0.25) is 0 Å². The largest absolute Gasteiger partial charge is 0.493 e. The highest BCUT2D eigenvalue weighted by Crippen LogP contribution is 2.54. The Labute approximate surface area is 115 Å². The Bertz CT molecular complexity index is 470. The van der Waals surface area contributed by atoms with Gasteiger partial charge in [-0.25, -0.2) is 0 Å². The molecule has 2 aliphatic rings. The van der Waals surface area contributed by atoms with E-state index in [-0.39, 0.29) is 0 Å². The second-order valence-electron chi connectivity index (χ2n) is 6.07. The third kappa shape index (κ3) is 2.44. The molecule has 1 N–H and O–H groups in total. The Kier molecular flexibility index (Phi) is 3.17. The molecule has 3 heteroatoms. The molecule has 0 radical (unpaired) electrons. The number of nitrogens with one attached hydrogen (secondary N) is 1. The molecule has 3 rings (SSSR count). The highest BCUT2D eigenvalue weighted by atomic mass is 16.5. The lowest BCUT2D eigenvalue weighted by atomic mass is 9.95. The van der Waals surface area contributed by atoms with Gasteiger partial charge in [0.2, 0.25) is 0 Å². The van der Waals surface area contributed by atoms with Gasteiger partial charge >= 0.3 is 0 Å². The first-order chi connectivity index (χ1) is 9.17. The van der Waals surface area contributed by atoms with Crippen molar-refractivity contribution in [2.45, 2.75) is 37.6 Å². The van der Waals surface area contributed by atoms with Gasteiger partial charge < -0.3 is 14.8 Å². The van der Waals surface area contributed by atoms with E-state index in [2.05, 4.69) is 24.4 Å². The second kappa shape index (κ2) is 4.71. The van der Waals surface area contributed by atoms with Crippen molar-refractivity contribution in [2.24, 2.45) is 5.92 Å². The Morgan fingerprint density at radius 3 is 2.58 bits per heavy atom. The Morgan fingerprint density at radius 2 is 1.95 bits per heavy atom. The first-order valence-corrected chi connectivity index (χ1v) is 7.13. The van der Waals surface area contributed by atoms with E-state index < -0.39 is 0 Å². The third-order valence-corrected chi connectivity index (χ3v) is 4.68. The monoisotopic (exact) mass is 261 g/mol. The average molecular weight is 261 g/mol. The zero-order valence-corrected chi connectivity index (χ0v) is 12.0. The summed E-state index contributed by atoms with van der Waals surface area (Å²) in [6.07, 6.45) is 3.99. The van der Waals surface area contributed by atoms with E-state index in [4.69, 9.17) is 9.47 Å². The second-order valence-corrected chi connectivity index (χ2v) is 6.07. The van der Waals surface area contributed by atoms with Crippen LogP contribution >= 0.6 is 0 Å². The minimum Gasteiger partial charge on any atom is -0.493 e. The molecule has 2 atom stereocenters. The molecule has 19 heavy (non-hydrogen) atoms. The van der Waals surface area contributed by atoms with Gasteiger partial charge in [0, 0.05) is 6.04 Å². The number of rotatable bonds is 6. The highest BCUT2D eigenvalue weighted by molar-refractivity contribution is 5.47. The van der Waals surface area contributed by atoms with Crippen LogP contribution < -0.4 is 14.8 Å². The molecule has 0 spiro atoms. The summed E-state index contributed by atoms with van der Waals surface area (Å²) in [6, 6.07) is 7.13. The molecular weight excluding hydrogens is 238 g/mol. The van der Waals surface area contributed by atoms with Crippen molar-refractivity contribution in [1.82, 2.24) is 5.32 Å². The quantitative estimate of drug-likeness (QED) is 0.854. The molecule has 1 aromatic carbocycles. The third-order valence-electron chi connectivity index (χ3n) is 4.68. The standard InChI is InChI=1S/C16H23NO2/c1-16(9-12(16)10-17-13-5-6-13)11-4-7-14(18-2)15(8-11)19-3/h4,7-8,12-13,17H,5-6,9-10H2,1-3H3. The van der Waals surface area contributed by atoms with E-state index in [1.54, 1.807) is 14.2 Å². The highest BCUT2D eigenvalue weighted by Gasteiger charge is 2.51. The van der Waals surface area contributed by atoms with Gasteiger partial charge in [-0.15, -0.1) is 0 Å². The zero-order valence-electron chi connectivity index (χ0n) is 12.0. The Morgan fingerprint density at radius 1 is 1.21 bits per heavy atom. The maximum Gasteiger partial charge on any atom is 0.161 e. The summed E-state index contributed by atoms with van der Waals surface area (Å²) in [5.41, 5.74) is 1.68. The van der Waals surface area contributed by atoms with Crippen LogP contribution in [0.15, 0.2) is 18.2 Å². The summed E-state index contributed by atoms with van der Waals surface area (Å²) < 4.78 is 10.7. The van der Waals surface area contributed by atoms with Crippen LogP contribution in [0.4, 0.5) is 0 Å². The molecule has 0 aromatic heterocycles. The fourth-order valence-electron chi connectivity index (χ4n) is 2.89. The normalized spacial score (nSPS) is 29.1. The number of hydrogen-bond donors (Lipinski definition) is 1. The Hall–Kier alpha value is -1.22. The van der Waals surface area contributed by atoms with Gasteiger partial charge in [0.1, 0.15) is 0 Å². The van der Waals surface area contributed by atoms with Gasteiger partial charge in [0.15, 0.2) is 11.5 Å². The first-order valence-electron chi connectivity index (χ1n) is 7.13. The van der Waals surface area contributed by atoms with E-state index in [9.17, 15) is 0 Å². The molecule has 1 aromatic rings. The summed E-state index contributed by atoms with van der Waals surface area (Å²) in [7, 11) is 3.38. The molecule has 2 fully saturated rings. The minimum atomic E-state index is 0.307. The Balaban J connectivity index is 1.71. The van der Waals surface area contributed by atoms with Crippen molar-refractivity contribution < 1.29 is 9.47 Å². The molecule has 0 saturated heterocycles. The average Bonchev–Trinajstić information content (AvgIpc) is 3.33. The van der Waals surface area contributed by atoms with Gasteiger partial charge in [-0.3, -0.25) is 0 Å². The number of ether oxygens (including phenoxy) is 2. The minimum absolute atomic E-state index is 0.307. The van der Waals surface area contributed by atoms with Crippen LogP contribution in [-0.4, -0.2) is 26.8 Å². The van der Waals surface area contributed by atoms with Crippen molar-refractivity contribution >= 4 is 0 Å². The maximum absolute atomic E-state index is 5.40. The fraction of sp³-hybridized carbons (Fsp3) is 0.625. The van der Waals surface area contributed by atoms with Crippen molar-refractivity contribution in [3.63, 3.8) is 0 Å². The molecule has 0 bridgehead atoms. The van der Waals surface area contributed by atoms with Crippen molar-refractivity contribution in [2.75, 3.05) is 20.8 Å². The van der Waals surface area contributed by atoms with Crippen molar-refractivity contribution in [3.05, 3.63) is 23.8 Å². The molecule has 3 nitrogen and oxygen atoms in total. The number of benzene rings is 1. The molecule has 0 amide bonds. The van der Waals surface area contributed by atoms with E-state index in [0.717, 1.165) is 30.0 Å². The molecule has 2 unspecified atom stereocenters. The van der Waals surface area contributed by atoms with Gasteiger partial charge in [-0.2, -0.15) is 0 Å². The van der Waals surface area contributed by atoms with Crippen LogP contribution in [0, 0.1) is 5.92 Å². The van der Waals surface area contributed by atoms with Crippen LogP contribution in [-0.2, 0) is 5.41 Å².